The maximum atomic E-state index is 12.6. The van der Waals surface area contributed by atoms with Gasteiger partial charge in [-0.1, -0.05) is 0 Å². The molecule has 3 heterocycles. The van der Waals surface area contributed by atoms with Crippen molar-refractivity contribution in [1.82, 2.24) is 14.8 Å². The average molecular weight is 369 g/mol. The minimum Gasteiger partial charge on any atom is -0.378 e. The van der Waals surface area contributed by atoms with E-state index in [0.29, 0.717) is 26.3 Å². The second-order valence-electron chi connectivity index (χ2n) is 5.52. The summed E-state index contributed by atoms with van der Waals surface area (Å²) in [6.45, 7) is 5.96. The van der Waals surface area contributed by atoms with Crippen LogP contribution in [0.2, 0.25) is 0 Å². The topological polar surface area (TPSA) is 48.9 Å². The summed E-state index contributed by atoms with van der Waals surface area (Å²) in [5, 5.41) is 0. The van der Waals surface area contributed by atoms with E-state index in [1.807, 2.05) is 28.1 Å². The van der Waals surface area contributed by atoms with Gasteiger partial charge in [-0.2, -0.15) is 0 Å². The molecule has 1 aromatic heterocycles. The van der Waals surface area contributed by atoms with E-state index in [1.54, 1.807) is 0 Å². The molecular formula is C15H21BrN4O2. The number of aromatic nitrogens is 1. The molecule has 0 unspecified atom stereocenters. The Morgan fingerprint density at radius 1 is 1.09 bits per heavy atom. The Balaban J connectivity index is 1.62. The molecule has 0 spiro atoms. The van der Waals surface area contributed by atoms with Crippen LogP contribution in [0.15, 0.2) is 22.8 Å². The van der Waals surface area contributed by atoms with Crippen molar-refractivity contribution in [3.8, 4) is 0 Å². The fraction of sp³-hybridized carbons (Fsp3) is 0.600. The molecule has 2 aliphatic rings. The number of hydrogen-bond donors (Lipinski definition) is 0. The monoisotopic (exact) mass is 368 g/mol. The summed E-state index contributed by atoms with van der Waals surface area (Å²) in [7, 11) is 0. The van der Waals surface area contributed by atoms with Crippen molar-refractivity contribution < 1.29 is 9.53 Å². The smallest absolute Gasteiger partial charge is 0.320 e. The summed E-state index contributed by atoms with van der Waals surface area (Å²) in [4.78, 5) is 23.1. The molecule has 0 bridgehead atoms. The minimum atomic E-state index is 0.144. The Kier molecular flexibility index (Phi) is 5.15. The van der Waals surface area contributed by atoms with Crippen LogP contribution in [0, 0.1) is 0 Å². The van der Waals surface area contributed by atoms with Gasteiger partial charge in [-0.05, 0) is 34.5 Å². The summed E-state index contributed by atoms with van der Waals surface area (Å²) >= 11 is 3.56. The number of carbonyl (C=O) groups excluding carboxylic acids is 1. The highest BCUT2D eigenvalue weighted by Crippen LogP contribution is 2.24. The van der Waals surface area contributed by atoms with Gasteiger partial charge in [0.25, 0.3) is 0 Å². The van der Waals surface area contributed by atoms with E-state index >= 15 is 0 Å². The standard InChI is InChI=1S/C15H21BrN4O2/c16-13-3-1-4-17-14(13)18-5-2-6-19(8-7-18)15(21)20-9-11-22-12-10-20/h1,3-4H,2,5-12H2. The molecule has 3 rings (SSSR count). The Hall–Kier alpha value is -1.34. The van der Waals surface area contributed by atoms with Crippen molar-refractivity contribution in [2.45, 2.75) is 6.42 Å². The molecule has 2 saturated heterocycles. The Morgan fingerprint density at radius 3 is 2.64 bits per heavy atom. The van der Waals surface area contributed by atoms with E-state index in [4.69, 9.17) is 4.74 Å². The predicted molar refractivity (Wildman–Crippen MR) is 88.1 cm³/mol. The van der Waals surface area contributed by atoms with Crippen molar-refractivity contribution in [2.24, 2.45) is 0 Å². The average Bonchev–Trinajstić information content (AvgIpc) is 2.81. The summed E-state index contributed by atoms with van der Waals surface area (Å²) in [5.41, 5.74) is 0. The van der Waals surface area contributed by atoms with Crippen LogP contribution in [0.5, 0.6) is 0 Å². The van der Waals surface area contributed by atoms with Crippen LogP contribution in [0.1, 0.15) is 6.42 Å². The third-order valence-corrected chi connectivity index (χ3v) is 4.71. The summed E-state index contributed by atoms with van der Waals surface area (Å²) in [5.74, 6) is 0.961. The third-order valence-electron chi connectivity index (χ3n) is 4.09. The molecule has 0 saturated carbocycles. The van der Waals surface area contributed by atoms with Gasteiger partial charge in [0, 0.05) is 45.5 Å². The number of hydrogen-bond acceptors (Lipinski definition) is 4. The van der Waals surface area contributed by atoms with Gasteiger partial charge in [-0.3, -0.25) is 0 Å². The Morgan fingerprint density at radius 2 is 1.86 bits per heavy atom. The largest absolute Gasteiger partial charge is 0.378 e. The van der Waals surface area contributed by atoms with Gasteiger partial charge in [0.2, 0.25) is 0 Å². The Bertz CT molecular complexity index is 522. The van der Waals surface area contributed by atoms with Crippen molar-refractivity contribution >= 4 is 27.8 Å². The van der Waals surface area contributed by atoms with Gasteiger partial charge in [0.1, 0.15) is 5.82 Å². The zero-order valence-corrected chi connectivity index (χ0v) is 14.2. The molecule has 120 valence electrons. The van der Waals surface area contributed by atoms with Gasteiger partial charge >= 0.3 is 6.03 Å². The minimum absolute atomic E-state index is 0.144. The van der Waals surface area contributed by atoms with Crippen molar-refractivity contribution in [3.63, 3.8) is 0 Å². The van der Waals surface area contributed by atoms with E-state index in [2.05, 4.69) is 25.8 Å². The fourth-order valence-corrected chi connectivity index (χ4v) is 3.39. The lowest BCUT2D eigenvalue weighted by Crippen LogP contribution is -2.49. The van der Waals surface area contributed by atoms with Crippen molar-refractivity contribution in [1.29, 1.82) is 0 Å². The number of rotatable bonds is 1. The number of urea groups is 1. The first kappa shape index (κ1) is 15.6. The summed E-state index contributed by atoms with van der Waals surface area (Å²) in [6, 6.07) is 4.06. The number of carbonyl (C=O) groups is 1. The number of nitrogens with zero attached hydrogens (tertiary/aromatic N) is 4. The Labute approximate surface area is 139 Å². The molecule has 2 amide bonds. The highest BCUT2D eigenvalue weighted by molar-refractivity contribution is 9.10. The molecule has 22 heavy (non-hydrogen) atoms. The van der Waals surface area contributed by atoms with Gasteiger partial charge in [0.15, 0.2) is 0 Å². The first-order chi connectivity index (χ1) is 10.8. The lowest BCUT2D eigenvalue weighted by Gasteiger charge is -2.32. The number of halogens is 1. The maximum Gasteiger partial charge on any atom is 0.320 e. The number of anilines is 1. The van der Waals surface area contributed by atoms with Crippen LogP contribution >= 0.6 is 15.9 Å². The van der Waals surface area contributed by atoms with Crippen LogP contribution < -0.4 is 4.90 Å². The number of ether oxygens (including phenoxy) is 1. The van der Waals surface area contributed by atoms with Crippen molar-refractivity contribution in [3.05, 3.63) is 22.8 Å². The zero-order valence-electron chi connectivity index (χ0n) is 12.6. The highest BCUT2D eigenvalue weighted by Gasteiger charge is 2.25. The van der Waals surface area contributed by atoms with Crippen LogP contribution in [-0.2, 0) is 4.74 Å². The van der Waals surface area contributed by atoms with Gasteiger partial charge < -0.3 is 19.4 Å². The molecule has 0 aromatic carbocycles. The van der Waals surface area contributed by atoms with E-state index in [9.17, 15) is 4.79 Å². The molecule has 2 aliphatic heterocycles. The second-order valence-corrected chi connectivity index (χ2v) is 6.37. The van der Waals surface area contributed by atoms with E-state index < -0.39 is 0 Å². The van der Waals surface area contributed by atoms with E-state index in [1.165, 1.54) is 0 Å². The van der Waals surface area contributed by atoms with Gasteiger partial charge in [-0.15, -0.1) is 0 Å². The molecule has 2 fully saturated rings. The molecule has 0 atom stereocenters. The SMILES string of the molecule is O=C(N1CCOCC1)N1CCCN(c2ncccc2Br)CC1. The number of amides is 2. The van der Waals surface area contributed by atoms with Crippen LogP contribution in [0.3, 0.4) is 0 Å². The first-order valence-electron chi connectivity index (χ1n) is 7.73. The van der Waals surface area contributed by atoms with Crippen molar-refractivity contribution in [2.75, 3.05) is 57.4 Å². The molecule has 7 heteroatoms. The normalized spacial score (nSPS) is 20.0. The highest BCUT2D eigenvalue weighted by atomic mass is 79.9. The maximum absolute atomic E-state index is 12.6. The first-order valence-corrected chi connectivity index (χ1v) is 8.52. The third kappa shape index (κ3) is 3.52. The predicted octanol–water partition coefficient (Wildman–Crippen LogP) is 1.81. The van der Waals surface area contributed by atoms with E-state index in [0.717, 1.165) is 42.9 Å². The van der Waals surface area contributed by atoms with Gasteiger partial charge in [-0.25, -0.2) is 9.78 Å². The van der Waals surface area contributed by atoms with Gasteiger partial charge in [0.05, 0.1) is 17.7 Å². The lowest BCUT2D eigenvalue weighted by molar-refractivity contribution is 0.0438. The van der Waals surface area contributed by atoms with Crippen LogP contribution in [-0.4, -0.2) is 73.3 Å². The summed E-state index contributed by atoms with van der Waals surface area (Å²) < 4.78 is 6.32. The number of pyridine rings is 1. The van der Waals surface area contributed by atoms with Crippen LogP contribution in [0.25, 0.3) is 0 Å². The number of morpholine rings is 1. The van der Waals surface area contributed by atoms with E-state index in [-0.39, 0.29) is 6.03 Å². The molecular weight excluding hydrogens is 348 g/mol. The summed E-state index contributed by atoms with van der Waals surface area (Å²) in [6.07, 6.45) is 2.76. The second kappa shape index (κ2) is 7.28. The quantitative estimate of drug-likeness (QED) is 0.758. The lowest BCUT2D eigenvalue weighted by atomic mass is 10.3. The fourth-order valence-electron chi connectivity index (χ4n) is 2.89. The molecule has 0 radical (unpaired) electrons. The molecule has 1 aromatic rings. The zero-order chi connectivity index (χ0) is 15.4. The molecule has 6 nitrogen and oxygen atoms in total. The van der Waals surface area contributed by atoms with Crippen LogP contribution in [0.4, 0.5) is 10.6 Å². The molecule has 0 aliphatic carbocycles. The molecule has 0 N–H and O–H groups in total.